The highest BCUT2D eigenvalue weighted by molar-refractivity contribution is 7.89. The molecule has 2 aliphatic heterocycles. The van der Waals surface area contributed by atoms with Crippen LogP contribution in [0.15, 0.2) is 41.4 Å². The van der Waals surface area contributed by atoms with Gasteiger partial charge in [0, 0.05) is 50.5 Å². The molecule has 0 radical (unpaired) electrons. The van der Waals surface area contributed by atoms with Crippen LogP contribution in [0, 0.1) is 0 Å². The summed E-state index contributed by atoms with van der Waals surface area (Å²) in [7, 11) is -2.25. The fourth-order valence-electron chi connectivity index (χ4n) is 4.36. The van der Waals surface area contributed by atoms with E-state index in [1.165, 1.54) is 23.7 Å². The molecule has 4 rings (SSSR count). The summed E-state index contributed by atoms with van der Waals surface area (Å²) in [5, 5.41) is 0.476. The molecule has 1 amide bonds. The molecule has 1 aromatic carbocycles. The van der Waals surface area contributed by atoms with E-state index in [9.17, 15) is 18.0 Å². The van der Waals surface area contributed by atoms with Gasteiger partial charge in [0.15, 0.2) is 0 Å². The molecule has 33 heavy (non-hydrogen) atoms. The molecule has 9 nitrogen and oxygen atoms in total. The maximum Gasteiger partial charge on any atom is 0.327 e. The Morgan fingerprint density at radius 3 is 2.36 bits per heavy atom. The maximum atomic E-state index is 13.0. The number of nitrogens with zero attached hydrogens (tertiary/aromatic N) is 3. The SMILES string of the molecule is COC(=O)[C@H](c1ccccc1Cl)N1CCN(C(=O)c2cc(S(=O)(=O)N3CCCC3)c[nH]2)CC1. The number of carbonyl (C=O) groups is 2. The van der Waals surface area contributed by atoms with E-state index in [0.717, 1.165) is 12.8 Å². The fraction of sp³-hybridized carbons (Fsp3) is 0.455. The van der Waals surface area contributed by atoms with Crippen molar-refractivity contribution in [1.82, 2.24) is 19.1 Å². The van der Waals surface area contributed by atoms with Crippen LogP contribution >= 0.6 is 11.6 Å². The lowest BCUT2D eigenvalue weighted by atomic mass is 10.0. The standard InChI is InChI=1S/C22H27ClN4O5S/c1-32-22(29)20(17-6-2-3-7-18(17)23)25-10-12-26(13-11-25)21(28)19-14-16(15-24-19)33(30,31)27-8-4-5-9-27/h2-3,6-7,14-15,20,24H,4-5,8-13H2,1H3/t20-/m0/s1. The van der Waals surface area contributed by atoms with Gasteiger partial charge >= 0.3 is 5.97 Å². The van der Waals surface area contributed by atoms with Gasteiger partial charge in [0.25, 0.3) is 5.91 Å². The first-order valence-corrected chi connectivity index (χ1v) is 12.7. The molecule has 1 aromatic heterocycles. The first-order chi connectivity index (χ1) is 15.8. The molecule has 1 atom stereocenters. The summed E-state index contributed by atoms with van der Waals surface area (Å²) in [5.74, 6) is -0.686. The van der Waals surface area contributed by atoms with E-state index >= 15 is 0 Å². The fourth-order valence-corrected chi connectivity index (χ4v) is 6.11. The van der Waals surface area contributed by atoms with Crippen LogP contribution in [-0.4, -0.2) is 85.8 Å². The van der Waals surface area contributed by atoms with Gasteiger partial charge in [-0.25, -0.2) is 13.2 Å². The molecule has 0 unspecified atom stereocenters. The van der Waals surface area contributed by atoms with Crippen molar-refractivity contribution < 1.29 is 22.7 Å². The number of amides is 1. The number of halogens is 1. The maximum absolute atomic E-state index is 13.0. The Labute approximate surface area is 198 Å². The third-order valence-corrected chi connectivity index (χ3v) is 8.40. The zero-order valence-corrected chi connectivity index (χ0v) is 19.9. The molecule has 1 N–H and O–H groups in total. The monoisotopic (exact) mass is 494 g/mol. The normalized spacial score (nSPS) is 18.9. The van der Waals surface area contributed by atoms with Crippen LogP contribution in [0.4, 0.5) is 0 Å². The van der Waals surface area contributed by atoms with E-state index in [2.05, 4.69) is 4.98 Å². The number of benzene rings is 1. The van der Waals surface area contributed by atoms with Crippen molar-refractivity contribution >= 4 is 33.5 Å². The predicted molar refractivity (Wildman–Crippen MR) is 122 cm³/mol. The second-order valence-corrected chi connectivity index (χ2v) is 10.5. The van der Waals surface area contributed by atoms with Crippen LogP contribution in [0.5, 0.6) is 0 Å². The highest BCUT2D eigenvalue weighted by Gasteiger charge is 2.34. The number of aromatic nitrogens is 1. The first-order valence-electron chi connectivity index (χ1n) is 10.9. The highest BCUT2D eigenvalue weighted by atomic mass is 35.5. The number of hydrogen-bond donors (Lipinski definition) is 1. The molecular weight excluding hydrogens is 468 g/mol. The van der Waals surface area contributed by atoms with Crippen molar-refractivity contribution in [3.05, 3.63) is 52.8 Å². The Hall–Kier alpha value is -2.40. The third kappa shape index (κ3) is 4.79. The predicted octanol–water partition coefficient (Wildman–Crippen LogP) is 2.12. The Bertz CT molecular complexity index is 1120. The number of carbonyl (C=O) groups excluding carboxylic acids is 2. The van der Waals surface area contributed by atoms with E-state index in [-0.39, 0.29) is 16.5 Å². The van der Waals surface area contributed by atoms with Crippen molar-refractivity contribution in [1.29, 1.82) is 0 Å². The number of aromatic amines is 1. The van der Waals surface area contributed by atoms with Crippen molar-refractivity contribution in [3.8, 4) is 0 Å². The van der Waals surface area contributed by atoms with E-state index in [1.54, 1.807) is 23.1 Å². The topological polar surface area (TPSA) is 103 Å². The molecule has 2 fully saturated rings. The van der Waals surface area contributed by atoms with Gasteiger partial charge in [-0.2, -0.15) is 4.31 Å². The van der Waals surface area contributed by atoms with Crippen molar-refractivity contribution in [2.75, 3.05) is 46.4 Å². The summed E-state index contributed by atoms with van der Waals surface area (Å²) in [6.45, 7) is 2.65. The molecule has 0 saturated carbocycles. The Morgan fingerprint density at radius 2 is 1.73 bits per heavy atom. The quantitative estimate of drug-likeness (QED) is 0.617. The largest absolute Gasteiger partial charge is 0.468 e. The number of hydrogen-bond acceptors (Lipinski definition) is 6. The number of H-pyrrole nitrogens is 1. The van der Waals surface area contributed by atoms with Gasteiger partial charge in [0.1, 0.15) is 16.6 Å². The Balaban J connectivity index is 1.44. The molecule has 2 aliphatic rings. The van der Waals surface area contributed by atoms with Gasteiger partial charge in [-0.1, -0.05) is 29.8 Å². The van der Waals surface area contributed by atoms with Crippen LogP contribution in [0.3, 0.4) is 0 Å². The second-order valence-electron chi connectivity index (χ2n) is 8.14. The van der Waals surface area contributed by atoms with Crippen molar-refractivity contribution in [3.63, 3.8) is 0 Å². The number of ether oxygens (including phenoxy) is 1. The highest BCUT2D eigenvalue weighted by Crippen LogP contribution is 2.30. The lowest BCUT2D eigenvalue weighted by molar-refractivity contribution is -0.148. The van der Waals surface area contributed by atoms with E-state index in [0.29, 0.717) is 49.9 Å². The molecule has 2 saturated heterocycles. The summed E-state index contributed by atoms with van der Waals surface area (Å²) >= 11 is 6.33. The summed E-state index contributed by atoms with van der Waals surface area (Å²) in [5.41, 5.74) is 0.892. The zero-order chi connectivity index (χ0) is 23.6. The minimum absolute atomic E-state index is 0.107. The smallest absolute Gasteiger partial charge is 0.327 e. The lowest BCUT2D eigenvalue weighted by Gasteiger charge is -2.38. The third-order valence-electron chi connectivity index (χ3n) is 6.18. The Kier molecular flexibility index (Phi) is 7.08. The summed E-state index contributed by atoms with van der Waals surface area (Å²) in [4.78, 5) is 32.1. The van der Waals surface area contributed by atoms with E-state index in [4.69, 9.17) is 16.3 Å². The minimum Gasteiger partial charge on any atom is -0.468 e. The second kappa shape index (κ2) is 9.84. The summed E-state index contributed by atoms with van der Waals surface area (Å²) < 4.78 is 31.9. The average molecular weight is 495 g/mol. The molecule has 2 aromatic rings. The number of esters is 1. The molecule has 3 heterocycles. The molecule has 0 aliphatic carbocycles. The summed E-state index contributed by atoms with van der Waals surface area (Å²) in [6.07, 6.45) is 3.07. The number of nitrogens with one attached hydrogen (secondary N) is 1. The minimum atomic E-state index is -3.59. The molecule has 0 bridgehead atoms. The lowest BCUT2D eigenvalue weighted by Crippen LogP contribution is -2.51. The van der Waals surface area contributed by atoms with Gasteiger partial charge in [-0.05, 0) is 30.5 Å². The van der Waals surface area contributed by atoms with Gasteiger partial charge in [0.2, 0.25) is 10.0 Å². The van der Waals surface area contributed by atoms with Crippen LogP contribution < -0.4 is 0 Å². The number of methoxy groups -OCH3 is 1. The van der Waals surface area contributed by atoms with Gasteiger partial charge in [0.05, 0.1) is 7.11 Å². The van der Waals surface area contributed by atoms with Gasteiger partial charge < -0.3 is 14.6 Å². The number of piperazine rings is 1. The van der Waals surface area contributed by atoms with Crippen LogP contribution in [0.25, 0.3) is 0 Å². The molecule has 178 valence electrons. The molecule has 11 heteroatoms. The number of sulfonamides is 1. The zero-order valence-electron chi connectivity index (χ0n) is 18.4. The van der Waals surface area contributed by atoms with Crippen LogP contribution in [-0.2, 0) is 19.6 Å². The molecule has 0 spiro atoms. The van der Waals surface area contributed by atoms with E-state index in [1.807, 2.05) is 11.0 Å². The van der Waals surface area contributed by atoms with Gasteiger partial charge in [-0.3, -0.25) is 9.69 Å². The molecular formula is C22H27ClN4O5S. The summed E-state index contributed by atoms with van der Waals surface area (Å²) in [6, 6.07) is 7.88. The number of rotatable bonds is 6. The van der Waals surface area contributed by atoms with Crippen molar-refractivity contribution in [2.24, 2.45) is 0 Å². The van der Waals surface area contributed by atoms with Crippen LogP contribution in [0.1, 0.15) is 34.9 Å². The van der Waals surface area contributed by atoms with Gasteiger partial charge in [-0.15, -0.1) is 0 Å². The van der Waals surface area contributed by atoms with E-state index < -0.39 is 22.0 Å². The van der Waals surface area contributed by atoms with Crippen molar-refractivity contribution in [2.45, 2.75) is 23.8 Å². The average Bonchev–Trinajstić information content (AvgIpc) is 3.53. The Morgan fingerprint density at radius 1 is 1.06 bits per heavy atom. The van der Waals surface area contributed by atoms with Crippen LogP contribution in [0.2, 0.25) is 5.02 Å². The first kappa shape index (κ1) is 23.7.